The maximum absolute atomic E-state index is 12.3. The van der Waals surface area contributed by atoms with Gasteiger partial charge in [-0.05, 0) is 42.8 Å². The van der Waals surface area contributed by atoms with Crippen LogP contribution >= 0.6 is 34.8 Å². The number of hydrogen-bond donors (Lipinski definition) is 1. The molecule has 3 aromatic rings. The molecule has 0 saturated carbocycles. The monoisotopic (exact) mass is 380 g/mol. The highest BCUT2D eigenvalue weighted by molar-refractivity contribution is 6.42. The molecular formula is C17H11Cl3N2O2. The second kappa shape index (κ2) is 6.85. The van der Waals surface area contributed by atoms with Crippen molar-refractivity contribution in [2.24, 2.45) is 0 Å². The molecule has 24 heavy (non-hydrogen) atoms. The van der Waals surface area contributed by atoms with Crippen molar-refractivity contribution in [1.82, 2.24) is 4.98 Å². The molecule has 0 saturated heterocycles. The van der Waals surface area contributed by atoms with Gasteiger partial charge in [-0.25, -0.2) is 4.98 Å². The van der Waals surface area contributed by atoms with Crippen LogP contribution < -0.4 is 5.32 Å². The molecule has 0 aliphatic carbocycles. The maximum atomic E-state index is 12.3. The number of benzene rings is 2. The Morgan fingerprint density at radius 1 is 1.08 bits per heavy atom. The SMILES string of the molecule is Cc1c(Cl)cccc1NC(=O)c1coc(-c2ccc(Cl)c(Cl)c2)n1. The summed E-state index contributed by atoms with van der Waals surface area (Å²) in [5, 5.41) is 4.15. The standard InChI is InChI=1S/C17H11Cl3N2O2/c1-9-11(18)3-2-4-14(9)21-16(23)15-8-24-17(22-15)10-5-6-12(19)13(20)7-10/h2-8H,1H3,(H,21,23). The van der Waals surface area contributed by atoms with E-state index in [2.05, 4.69) is 10.3 Å². The van der Waals surface area contributed by atoms with E-state index < -0.39 is 5.91 Å². The van der Waals surface area contributed by atoms with Crippen LogP contribution in [0.4, 0.5) is 5.69 Å². The molecule has 3 rings (SSSR count). The number of oxazole rings is 1. The number of amides is 1. The fraction of sp³-hybridized carbons (Fsp3) is 0.0588. The summed E-state index contributed by atoms with van der Waals surface area (Å²) in [6.45, 7) is 1.82. The second-order valence-corrected chi connectivity index (χ2v) is 6.25. The first-order valence-corrected chi connectivity index (χ1v) is 8.06. The van der Waals surface area contributed by atoms with Crippen LogP contribution in [0.25, 0.3) is 11.5 Å². The van der Waals surface area contributed by atoms with Gasteiger partial charge in [-0.1, -0.05) is 40.9 Å². The minimum absolute atomic E-state index is 0.149. The van der Waals surface area contributed by atoms with Crippen molar-refractivity contribution in [3.8, 4) is 11.5 Å². The fourth-order valence-electron chi connectivity index (χ4n) is 2.07. The Morgan fingerprint density at radius 2 is 1.88 bits per heavy atom. The van der Waals surface area contributed by atoms with Gasteiger partial charge < -0.3 is 9.73 Å². The van der Waals surface area contributed by atoms with Crippen molar-refractivity contribution >= 4 is 46.4 Å². The zero-order chi connectivity index (χ0) is 17.3. The summed E-state index contributed by atoms with van der Waals surface area (Å²) >= 11 is 17.9. The Labute approximate surface area is 153 Å². The second-order valence-electron chi connectivity index (χ2n) is 5.03. The first kappa shape index (κ1) is 16.8. The van der Waals surface area contributed by atoms with E-state index in [4.69, 9.17) is 39.2 Å². The fourth-order valence-corrected chi connectivity index (χ4v) is 2.54. The average Bonchev–Trinajstić information content (AvgIpc) is 3.04. The highest BCUT2D eigenvalue weighted by atomic mass is 35.5. The van der Waals surface area contributed by atoms with Crippen LogP contribution in [0.3, 0.4) is 0 Å². The van der Waals surface area contributed by atoms with Gasteiger partial charge in [0.25, 0.3) is 5.91 Å². The van der Waals surface area contributed by atoms with Gasteiger partial charge in [-0.3, -0.25) is 4.79 Å². The van der Waals surface area contributed by atoms with E-state index in [1.807, 2.05) is 6.92 Å². The van der Waals surface area contributed by atoms with Crippen LogP contribution in [0, 0.1) is 6.92 Å². The van der Waals surface area contributed by atoms with E-state index in [1.54, 1.807) is 36.4 Å². The Balaban J connectivity index is 1.83. The minimum Gasteiger partial charge on any atom is -0.444 e. The van der Waals surface area contributed by atoms with Gasteiger partial charge in [0, 0.05) is 16.3 Å². The van der Waals surface area contributed by atoms with Crippen LogP contribution in [0.5, 0.6) is 0 Å². The topological polar surface area (TPSA) is 55.1 Å². The summed E-state index contributed by atoms with van der Waals surface area (Å²) in [6, 6.07) is 10.2. The molecule has 7 heteroatoms. The molecule has 0 atom stereocenters. The number of nitrogens with zero attached hydrogens (tertiary/aromatic N) is 1. The first-order valence-electron chi connectivity index (χ1n) is 6.93. The van der Waals surface area contributed by atoms with Crippen LogP contribution in [0.1, 0.15) is 16.1 Å². The molecule has 122 valence electrons. The number of hydrogen-bond acceptors (Lipinski definition) is 3. The van der Waals surface area contributed by atoms with Gasteiger partial charge in [0.2, 0.25) is 5.89 Å². The highest BCUT2D eigenvalue weighted by Crippen LogP contribution is 2.28. The first-order chi connectivity index (χ1) is 11.5. The molecule has 0 bridgehead atoms. The number of carbonyl (C=O) groups is 1. The van der Waals surface area contributed by atoms with E-state index in [9.17, 15) is 4.79 Å². The molecule has 0 unspecified atom stereocenters. The van der Waals surface area contributed by atoms with E-state index in [1.165, 1.54) is 6.26 Å². The smallest absolute Gasteiger partial charge is 0.277 e. The Kier molecular flexibility index (Phi) is 4.81. The molecular weight excluding hydrogens is 371 g/mol. The molecule has 0 radical (unpaired) electrons. The number of rotatable bonds is 3. The molecule has 1 heterocycles. The van der Waals surface area contributed by atoms with E-state index in [0.29, 0.717) is 26.3 Å². The van der Waals surface area contributed by atoms with Crippen LogP contribution in [-0.4, -0.2) is 10.9 Å². The third-order valence-electron chi connectivity index (χ3n) is 3.42. The third kappa shape index (κ3) is 3.41. The Morgan fingerprint density at radius 3 is 2.62 bits per heavy atom. The van der Waals surface area contributed by atoms with Crippen LogP contribution in [0.15, 0.2) is 47.1 Å². The molecule has 1 aromatic heterocycles. The molecule has 0 aliphatic rings. The number of halogens is 3. The summed E-state index contributed by atoms with van der Waals surface area (Å²) in [7, 11) is 0. The zero-order valence-corrected chi connectivity index (χ0v) is 14.7. The lowest BCUT2D eigenvalue weighted by atomic mass is 10.2. The summed E-state index contributed by atoms with van der Waals surface area (Å²) in [4.78, 5) is 16.5. The largest absolute Gasteiger partial charge is 0.444 e. The molecule has 2 aromatic carbocycles. The number of anilines is 1. The quantitative estimate of drug-likeness (QED) is 0.618. The summed E-state index contributed by atoms with van der Waals surface area (Å²) in [5.41, 5.74) is 2.17. The maximum Gasteiger partial charge on any atom is 0.277 e. The van der Waals surface area contributed by atoms with Gasteiger partial charge in [0.1, 0.15) is 6.26 Å². The van der Waals surface area contributed by atoms with Crippen molar-refractivity contribution < 1.29 is 9.21 Å². The number of carbonyl (C=O) groups excluding carboxylic acids is 1. The van der Waals surface area contributed by atoms with Crippen molar-refractivity contribution in [2.75, 3.05) is 5.32 Å². The van der Waals surface area contributed by atoms with Crippen LogP contribution in [0.2, 0.25) is 15.1 Å². The van der Waals surface area contributed by atoms with Crippen molar-refractivity contribution in [2.45, 2.75) is 6.92 Å². The van der Waals surface area contributed by atoms with Gasteiger partial charge in [0.05, 0.1) is 10.0 Å². The van der Waals surface area contributed by atoms with Crippen molar-refractivity contribution in [1.29, 1.82) is 0 Å². The third-order valence-corrected chi connectivity index (χ3v) is 4.57. The Hall–Kier alpha value is -2.01. The van der Waals surface area contributed by atoms with Gasteiger partial charge in [-0.15, -0.1) is 0 Å². The van der Waals surface area contributed by atoms with Gasteiger partial charge in [0.15, 0.2) is 5.69 Å². The molecule has 0 aliphatic heterocycles. The molecule has 0 fully saturated rings. The lowest BCUT2D eigenvalue weighted by Crippen LogP contribution is -2.13. The minimum atomic E-state index is -0.393. The van der Waals surface area contributed by atoms with Crippen molar-refractivity contribution in [3.63, 3.8) is 0 Å². The number of aromatic nitrogens is 1. The van der Waals surface area contributed by atoms with Gasteiger partial charge in [-0.2, -0.15) is 0 Å². The predicted octanol–water partition coefficient (Wildman–Crippen LogP) is 5.86. The van der Waals surface area contributed by atoms with E-state index >= 15 is 0 Å². The van der Waals surface area contributed by atoms with Crippen LogP contribution in [-0.2, 0) is 0 Å². The predicted molar refractivity (Wildman–Crippen MR) is 96.1 cm³/mol. The van der Waals surface area contributed by atoms with Gasteiger partial charge >= 0.3 is 0 Å². The lowest BCUT2D eigenvalue weighted by molar-refractivity contribution is 0.102. The summed E-state index contributed by atoms with van der Waals surface area (Å²) in [5.74, 6) is -0.114. The highest BCUT2D eigenvalue weighted by Gasteiger charge is 2.15. The average molecular weight is 382 g/mol. The molecule has 0 spiro atoms. The van der Waals surface area contributed by atoms with E-state index in [0.717, 1.165) is 5.56 Å². The Bertz CT molecular complexity index is 922. The lowest BCUT2D eigenvalue weighted by Gasteiger charge is -2.07. The zero-order valence-electron chi connectivity index (χ0n) is 12.4. The normalized spacial score (nSPS) is 10.7. The molecule has 4 nitrogen and oxygen atoms in total. The number of nitrogens with one attached hydrogen (secondary N) is 1. The molecule has 1 amide bonds. The van der Waals surface area contributed by atoms with Crippen molar-refractivity contribution in [3.05, 3.63) is 69.0 Å². The van der Waals surface area contributed by atoms with E-state index in [-0.39, 0.29) is 11.6 Å². The summed E-state index contributed by atoms with van der Waals surface area (Å²) < 4.78 is 5.36. The summed E-state index contributed by atoms with van der Waals surface area (Å²) in [6.07, 6.45) is 1.28. The molecule has 1 N–H and O–H groups in total.